The molecule has 1 aliphatic rings. The molecule has 2 N–H and O–H groups in total. The van der Waals surface area contributed by atoms with Gasteiger partial charge in [0.2, 0.25) is 0 Å². The first-order valence-electron chi connectivity index (χ1n) is 5.67. The van der Waals surface area contributed by atoms with Crippen molar-refractivity contribution in [1.82, 2.24) is 35.9 Å². The predicted octanol–water partition coefficient (Wildman–Crippen LogP) is 0.198. The maximum Gasteiger partial charge on any atom is 0.178 e. The van der Waals surface area contributed by atoms with E-state index < -0.39 is 0 Å². The Morgan fingerprint density at radius 3 is 2.65 bits per heavy atom. The maximum absolute atomic E-state index is 4.27. The Bertz CT molecular complexity index is 447. The molecule has 2 aromatic heterocycles. The molecule has 0 bridgehead atoms. The number of H-pyrrole nitrogens is 1. The van der Waals surface area contributed by atoms with Crippen molar-refractivity contribution in [3.8, 4) is 0 Å². The number of aromatic amines is 1. The molecule has 0 saturated carbocycles. The number of hydrogen-bond donors (Lipinski definition) is 2. The van der Waals surface area contributed by atoms with Crippen LogP contribution in [0.15, 0.2) is 18.5 Å². The van der Waals surface area contributed by atoms with E-state index in [-0.39, 0.29) is 6.04 Å². The number of tetrazole rings is 1. The average molecular weight is 231 g/mol. The van der Waals surface area contributed by atoms with Crippen molar-refractivity contribution in [2.24, 2.45) is 0 Å². The van der Waals surface area contributed by atoms with Gasteiger partial charge in [-0.1, -0.05) is 5.21 Å². The summed E-state index contributed by atoms with van der Waals surface area (Å²) in [6, 6.07) is 2.06. The van der Waals surface area contributed by atoms with Crippen LogP contribution in [-0.4, -0.2) is 37.1 Å². The number of nitrogens with zero attached hydrogens (tertiary/aromatic N) is 5. The van der Waals surface area contributed by atoms with E-state index in [1.807, 2.05) is 6.07 Å². The lowest BCUT2D eigenvalue weighted by atomic mass is 9.94. The van der Waals surface area contributed by atoms with Crippen molar-refractivity contribution in [1.29, 1.82) is 0 Å². The fourth-order valence-corrected chi connectivity index (χ4v) is 2.13. The standard InChI is InChI=1S/C10H13N7/c1-4-11-10(12-5-1)8-3-2-7(6-13-8)9-14-16-17-15-9/h1,4-5,7-8,13H,2-3,6H2,(H,14,15,16,17). The highest BCUT2D eigenvalue weighted by atomic mass is 15.5. The van der Waals surface area contributed by atoms with E-state index in [1.54, 1.807) is 12.4 Å². The first-order chi connectivity index (χ1) is 8.43. The molecule has 7 nitrogen and oxygen atoms in total. The first kappa shape index (κ1) is 10.3. The number of hydrogen-bond acceptors (Lipinski definition) is 6. The molecule has 2 atom stereocenters. The van der Waals surface area contributed by atoms with Crippen LogP contribution >= 0.6 is 0 Å². The molecule has 17 heavy (non-hydrogen) atoms. The third-order valence-electron chi connectivity index (χ3n) is 3.04. The molecule has 1 fully saturated rings. The molecule has 0 aromatic carbocycles. The summed E-state index contributed by atoms with van der Waals surface area (Å²) >= 11 is 0. The van der Waals surface area contributed by atoms with Gasteiger partial charge in [0.05, 0.1) is 6.04 Å². The normalized spacial score (nSPS) is 24.7. The zero-order chi connectivity index (χ0) is 11.5. The first-order valence-corrected chi connectivity index (χ1v) is 5.67. The van der Waals surface area contributed by atoms with E-state index in [0.717, 1.165) is 31.0 Å². The highest BCUT2D eigenvalue weighted by Gasteiger charge is 2.26. The molecule has 88 valence electrons. The number of aromatic nitrogens is 6. The van der Waals surface area contributed by atoms with Crippen LogP contribution in [0.3, 0.4) is 0 Å². The van der Waals surface area contributed by atoms with E-state index in [4.69, 9.17) is 0 Å². The minimum Gasteiger partial charge on any atom is -0.307 e. The van der Waals surface area contributed by atoms with E-state index in [2.05, 4.69) is 35.9 Å². The van der Waals surface area contributed by atoms with Crippen molar-refractivity contribution < 1.29 is 0 Å². The van der Waals surface area contributed by atoms with Gasteiger partial charge in [0.1, 0.15) is 5.82 Å². The second-order valence-electron chi connectivity index (χ2n) is 4.11. The van der Waals surface area contributed by atoms with Gasteiger partial charge in [-0.05, 0) is 18.9 Å². The minimum atomic E-state index is 0.236. The minimum absolute atomic E-state index is 0.236. The van der Waals surface area contributed by atoms with Crippen LogP contribution in [0.5, 0.6) is 0 Å². The van der Waals surface area contributed by atoms with Gasteiger partial charge in [-0.2, -0.15) is 5.21 Å². The number of piperidine rings is 1. The van der Waals surface area contributed by atoms with Gasteiger partial charge in [0.15, 0.2) is 5.82 Å². The van der Waals surface area contributed by atoms with E-state index in [1.165, 1.54) is 0 Å². The summed E-state index contributed by atoms with van der Waals surface area (Å²) in [7, 11) is 0. The second-order valence-corrected chi connectivity index (χ2v) is 4.11. The van der Waals surface area contributed by atoms with Crippen LogP contribution in [0.1, 0.15) is 36.5 Å². The van der Waals surface area contributed by atoms with Gasteiger partial charge < -0.3 is 5.32 Å². The maximum atomic E-state index is 4.27. The summed E-state index contributed by atoms with van der Waals surface area (Å²) in [6.07, 6.45) is 5.56. The summed E-state index contributed by atoms with van der Waals surface area (Å²) in [6.45, 7) is 0.836. The molecule has 2 aromatic rings. The summed E-state index contributed by atoms with van der Waals surface area (Å²) in [5, 5.41) is 17.5. The lowest BCUT2D eigenvalue weighted by Crippen LogP contribution is -2.33. The number of rotatable bonds is 2. The Kier molecular flexibility index (Phi) is 2.74. The lowest BCUT2D eigenvalue weighted by Gasteiger charge is -2.26. The third kappa shape index (κ3) is 2.14. The van der Waals surface area contributed by atoms with Crippen molar-refractivity contribution in [2.45, 2.75) is 24.8 Å². The Morgan fingerprint density at radius 1 is 1.12 bits per heavy atom. The predicted molar refractivity (Wildman–Crippen MR) is 58.9 cm³/mol. The van der Waals surface area contributed by atoms with Crippen LogP contribution in [0, 0.1) is 0 Å². The van der Waals surface area contributed by atoms with Gasteiger partial charge in [-0.15, -0.1) is 10.2 Å². The molecule has 0 radical (unpaired) electrons. The zero-order valence-electron chi connectivity index (χ0n) is 9.24. The molecule has 3 rings (SSSR count). The molecular weight excluding hydrogens is 218 g/mol. The van der Waals surface area contributed by atoms with Crippen LogP contribution in [-0.2, 0) is 0 Å². The molecule has 0 amide bonds. The van der Waals surface area contributed by atoms with E-state index in [0.29, 0.717) is 5.92 Å². The molecule has 3 heterocycles. The quantitative estimate of drug-likeness (QED) is 0.767. The van der Waals surface area contributed by atoms with Crippen LogP contribution in [0.2, 0.25) is 0 Å². The largest absolute Gasteiger partial charge is 0.307 e. The Balaban J connectivity index is 1.65. The van der Waals surface area contributed by atoms with E-state index >= 15 is 0 Å². The van der Waals surface area contributed by atoms with E-state index in [9.17, 15) is 0 Å². The highest BCUT2D eigenvalue weighted by Crippen LogP contribution is 2.27. The topological polar surface area (TPSA) is 92.3 Å². The van der Waals surface area contributed by atoms with Gasteiger partial charge >= 0.3 is 0 Å². The van der Waals surface area contributed by atoms with Crippen molar-refractivity contribution in [3.05, 3.63) is 30.1 Å². The van der Waals surface area contributed by atoms with Crippen LogP contribution in [0.4, 0.5) is 0 Å². The molecular formula is C10H13N7. The fourth-order valence-electron chi connectivity index (χ4n) is 2.13. The zero-order valence-corrected chi connectivity index (χ0v) is 9.24. The smallest absolute Gasteiger partial charge is 0.178 e. The number of nitrogens with one attached hydrogen (secondary N) is 2. The summed E-state index contributed by atoms with van der Waals surface area (Å²) in [4.78, 5) is 8.53. The summed E-state index contributed by atoms with van der Waals surface area (Å²) < 4.78 is 0. The lowest BCUT2D eigenvalue weighted by molar-refractivity contribution is 0.354. The molecule has 0 spiro atoms. The Hall–Kier alpha value is -1.89. The second kappa shape index (κ2) is 4.54. The van der Waals surface area contributed by atoms with Crippen molar-refractivity contribution in [3.63, 3.8) is 0 Å². The molecule has 1 saturated heterocycles. The highest BCUT2D eigenvalue weighted by molar-refractivity contribution is 5.02. The van der Waals surface area contributed by atoms with Gasteiger partial charge in [0, 0.05) is 24.9 Å². The van der Waals surface area contributed by atoms with Gasteiger partial charge in [-0.25, -0.2) is 9.97 Å². The van der Waals surface area contributed by atoms with Crippen LogP contribution in [0.25, 0.3) is 0 Å². The van der Waals surface area contributed by atoms with Crippen molar-refractivity contribution >= 4 is 0 Å². The van der Waals surface area contributed by atoms with Gasteiger partial charge in [0.25, 0.3) is 0 Å². The Labute approximate surface area is 98.1 Å². The monoisotopic (exact) mass is 231 g/mol. The Morgan fingerprint density at radius 2 is 2.00 bits per heavy atom. The summed E-state index contributed by atoms with van der Waals surface area (Å²) in [5.74, 6) is 1.97. The average Bonchev–Trinajstić information content (AvgIpc) is 2.94. The van der Waals surface area contributed by atoms with Gasteiger partial charge in [-0.3, -0.25) is 0 Å². The summed E-state index contributed by atoms with van der Waals surface area (Å²) in [5.41, 5.74) is 0. The SMILES string of the molecule is c1cnc(C2CCC(c3nn[nH]n3)CN2)nc1. The molecule has 2 unspecified atom stereocenters. The third-order valence-corrected chi connectivity index (χ3v) is 3.04. The molecule has 7 heteroatoms. The van der Waals surface area contributed by atoms with Crippen molar-refractivity contribution in [2.75, 3.05) is 6.54 Å². The molecule has 1 aliphatic heterocycles. The van der Waals surface area contributed by atoms with Crippen LogP contribution < -0.4 is 5.32 Å². The molecule has 0 aliphatic carbocycles. The fraction of sp³-hybridized carbons (Fsp3) is 0.500.